The van der Waals surface area contributed by atoms with E-state index in [2.05, 4.69) is 52.8 Å². The monoisotopic (exact) mass is 357 g/mol. The molecular formula is C12H13Br2N3. The molecule has 0 bridgehead atoms. The molecule has 0 aliphatic carbocycles. The van der Waals surface area contributed by atoms with Crippen LogP contribution < -0.4 is 5.32 Å². The molecule has 1 heterocycles. The van der Waals surface area contributed by atoms with Gasteiger partial charge in [0.15, 0.2) is 0 Å². The summed E-state index contributed by atoms with van der Waals surface area (Å²) in [5, 5.41) is 3.39. The van der Waals surface area contributed by atoms with Crippen LogP contribution in [-0.4, -0.2) is 16.1 Å². The van der Waals surface area contributed by atoms with Crippen molar-refractivity contribution in [3.63, 3.8) is 0 Å². The van der Waals surface area contributed by atoms with Crippen LogP contribution in [0.1, 0.15) is 5.82 Å². The predicted molar refractivity (Wildman–Crippen MR) is 77.3 cm³/mol. The van der Waals surface area contributed by atoms with Gasteiger partial charge in [-0.15, -0.1) is 0 Å². The van der Waals surface area contributed by atoms with Crippen LogP contribution in [0.2, 0.25) is 0 Å². The molecule has 17 heavy (non-hydrogen) atoms. The van der Waals surface area contributed by atoms with Crippen LogP contribution >= 0.6 is 31.9 Å². The highest BCUT2D eigenvalue weighted by Gasteiger charge is 2.00. The number of imidazole rings is 1. The second-order valence-electron chi connectivity index (χ2n) is 3.72. The van der Waals surface area contributed by atoms with E-state index < -0.39 is 0 Å². The molecule has 1 aromatic heterocycles. The van der Waals surface area contributed by atoms with Crippen LogP contribution in [0, 0.1) is 6.92 Å². The first-order valence-electron chi connectivity index (χ1n) is 5.33. The van der Waals surface area contributed by atoms with Crippen LogP contribution in [0.4, 0.5) is 5.69 Å². The Hall–Kier alpha value is -0.810. The van der Waals surface area contributed by atoms with E-state index in [1.807, 2.05) is 31.5 Å². The van der Waals surface area contributed by atoms with Gasteiger partial charge >= 0.3 is 0 Å². The number of hydrogen-bond donors (Lipinski definition) is 1. The quantitative estimate of drug-likeness (QED) is 0.900. The molecule has 0 fully saturated rings. The minimum atomic E-state index is 0.867. The number of benzene rings is 1. The highest BCUT2D eigenvalue weighted by Crippen LogP contribution is 2.25. The molecular weight excluding hydrogens is 346 g/mol. The highest BCUT2D eigenvalue weighted by molar-refractivity contribution is 9.11. The summed E-state index contributed by atoms with van der Waals surface area (Å²) in [6.07, 6.45) is 3.82. The van der Waals surface area contributed by atoms with Crippen LogP contribution in [0.5, 0.6) is 0 Å². The molecule has 0 amide bonds. The van der Waals surface area contributed by atoms with Crippen molar-refractivity contribution in [3.05, 3.63) is 45.4 Å². The van der Waals surface area contributed by atoms with Crippen LogP contribution in [0.15, 0.2) is 39.5 Å². The molecule has 3 nitrogen and oxygen atoms in total. The van der Waals surface area contributed by atoms with Crippen LogP contribution in [-0.2, 0) is 6.54 Å². The number of halogens is 2. The molecule has 0 unspecified atom stereocenters. The molecule has 0 aliphatic rings. The number of aromatic nitrogens is 2. The van der Waals surface area contributed by atoms with Crippen molar-refractivity contribution in [1.29, 1.82) is 0 Å². The fourth-order valence-corrected chi connectivity index (χ4v) is 2.33. The second-order valence-corrected chi connectivity index (χ2v) is 5.49. The van der Waals surface area contributed by atoms with Gasteiger partial charge in [0.25, 0.3) is 0 Å². The third-order valence-electron chi connectivity index (χ3n) is 2.52. The first kappa shape index (κ1) is 12.6. The van der Waals surface area contributed by atoms with E-state index in [4.69, 9.17) is 0 Å². The zero-order chi connectivity index (χ0) is 12.3. The number of rotatable bonds is 4. The van der Waals surface area contributed by atoms with E-state index in [0.29, 0.717) is 0 Å². The van der Waals surface area contributed by atoms with Crippen molar-refractivity contribution in [1.82, 2.24) is 9.55 Å². The summed E-state index contributed by atoms with van der Waals surface area (Å²) < 4.78 is 4.27. The summed E-state index contributed by atoms with van der Waals surface area (Å²) in [7, 11) is 0. The average Bonchev–Trinajstić information content (AvgIpc) is 2.70. The molecule has 1 aromatic carbocycles. The molecule has 0 radical (unpaired) electrons. The number of aryl methyl sites for hydroxylation is 1. The Morgan fingerprint density at radius 1 is 1.35 bits per heavy atom. The summed E-state index contributed by atoms with van der Waals surface area (Å²) in [5.41, 5.74) is 1.09. The molecule has 0 atom stereocenters. The van der Waals surface area contributed by atoms with Crippen LogP contribution in [0.3, 0.4) is 0 Å². The van der Waals surface area contributed by atoms with E-state index in [0.717, 1.165) is 33.5 Å². The number of nitrogens with one attached hydrogen (secondary N) is 1. The van der Waals surface area contributed by atoms with E-state index in [1.54, 1.807) is 0 Å². The van der Waals surface area contributed by atoms with Gasteiger partial charge in [0.05, 0.1) is 0 Å². The van der Waals surface area contributed by atoms with Gasteiger partial charge in [-0.1, -0.05) is 15.9 Å². The standard InChI is InChI=1S/C12H13Br2N3/c1-9-15-4-6-17(9)7-5-16-12-8-10(13)2-3-11(12)14/h2-4,6,8,16H,5,7H2,1H3. The summed E-state index contributed by atoms with van der Waals surface area (Å²) in [5.74, 6) is 1.04. The first-order valence-corrected chi connectivity index (χ1v) is 6.92. The van der Waals surface area contributed by atoms with E-state index in [1.165, 1.54) is 0 Å². The normalized spacial score (nSPS) is 10.5. The maximum Gasteiger partial charge on any atom is 0.105 e. The number of nitrogens with zero attached hydrogens (tertiary/aromatic N) is 2. The lowest BCUT2D eigenvalue weighted by molar-refractivity contribution is 0.701. The lowest BCUT2D eigenvalue weighted by atomic mass is 10.3. The summed E-state index contributed by atoms with van der Waals surface area (Å²) in [4.78, 5) is 4.19. The van der Waals surface area contributed by atoms with Gasteiger partial charge in [-0.25, -0.2) is 4.98 Å². The Morgan fingerprint density at radius 3 is 2.88 bits per heavy atom. The molecule has 90 valence electrons. The maximum atomic E-state index is 4.19. The molecule has 2 rings (SSSR count). The Kier molecular flexibility index (Phi) is 4.23. The van der Waals surface area contributed by atoms with Crippen molar-refractivity contribution in [3.8, 4) is 0 Å². The molecule has 0 aliphatic heterocycles. The van der Waals surface area contributed by atoms with E-state index >= 15 is 0 Å². The van der Waals surface area contributed by atoms with Gasteiger partial charge in [0.2, 0.25) is 0 Å². The zero-order valence-electron chi connectivity index (χ0n) is 9.45. The van der Waals surface area contributed by atoms with Gasteiger partial charge in [-0.3, -0.25) is 0 Å². The average molecular weight is 359 g/mol. The number of anilines is 1. The topological polar surface area (TPSA) is 29.9 Å². The molecule has 0 spiro atoms. The maximum absolute atomic E-state index is 4.19. The minimum absolute atomic E-state index is 0.867. The molecule has 1 N–H and O–H groups in total. The van der Waals surface area contributed by atoms with Crippen molar-refractivity contribution in [2.45, 2.75) is 13.5 Å². The number of hydrogen-bond acceptors (Lipinski definition) is 2. The van der Waals surface area contributed by atoms with Crippen molar-refractivity contribution in [2.75, 3.05) is 11.9 Å². The van der Waals surface area contributed by atoms with Gasteiger partial charge < -0.3 is 9.88 Å². The Balaban J connectivity index is 1.94. The summed E-state index contributed by atoms with van der Waals surface area (Å²) in [6.45, 7) is 3.78. The fraction of sp³-hybridized carbons (Fsp3) is 0.250. The highest BCUT2D eigenvalue weighted by atomic mass is 79.9. The SMILES string of the molecule is Cc1nccn1CCNc1cc(Br)ccc1Br. The second kappa shape index (κ2) is 5.69. The summed E-state index contributed by atoms with van der Waals surface area (Å²) >= 11 is 6.98. The van der Waals surface area contributed by atoms with E-state index in [-0.39, 0.29) is 0 Å². The Morgan fingerprint density at radius 2 is 2.18 bits per heavy atom. The van der Waals surface area contributed by atoms with Gasteiger partial charge in [-0.2, -0.15) is 0 Å². The van der Waals surface area contributed by atoms with Crippen molar-refractivity contribution in [2.24, 2.45) is 0 Å². The molecule has 2 aromatic rings. The molecule has 5 heteroatoms. The first-order chi connectivity index (χ1) is 8.16. The third kappa shape index (κ3) is 3.33. The van der Waals surface area contributed by atoms with Crippen molar-refractivity contribution < 1.29 is 0 Å². The molecule has 0 saturated carbocycles. The zero-order valence-corrected chi connectivity index (χ0v) is 12.6. The fourth-order valence-electron chi connectivity index (χ4n) is 1.58. The van der Waals surface area contributed by atoms with Gasteiger partial charge in [0.1, 0.15) is 5.82 Å². The smallest absolute Gasteiger partial charge is 0.105 e. The van der Waals surface area contributed by atoms with Crippen molar-refractivity contribution >= 4 is 37.5 Å². The van der Waals surface area contributed by atoms with Gasteiger partial charge in [0, 0.05) is 40.1 Å². The Bertz CT molecular complexity index is 508. The lowest BCUT2D eigenvalue weighted by Crippen LogP contribution is -2.11. The minimum Gasteiger partial charge on any atom is -0.382 e. The Labute approximate surface area is 118 Å². The molecule has 0 saturated heterocycles. The van der Waals surface area contributed by atoms with E-state index in [9.17, 15) is 0 Å². The van der Waals surface area contributed by atoms with Crippen LogP contribution in [0.25, 0.3) is 0 Å². The predicted octanol–water partition coefficient (Wildman–Crippen LogP) is 3.83. The summed E-state index contributed by atoms with van der Waals surface area (Å²) in [6, 6.07) is 6.09. The lowest BCUT2D eigenvalue weighted by Gasteiger charge is -2.10. The third-order valence-corrected chi connectivity index (χ3v) is 3.70. The van der Waals surface area contributed by atoms with Gasteiger partial charge in [-0.05, 0) is 41.1 Å². The largest absolute Gasteiger partial charge is 0.382 e.